The van der Waals surface area contributed by atoms with Crippen molar-refractivity contribution < 1.29 is 4.74 Å². The molecular weight excluding hydrogens is 260 g/mol. The molecule has 0 spiro atoms. The summed E-state index contributed by atoms with van der Waals surface area (Å²) in [4.78, 5) is 2.57. The first-order valence-electron chi connectivity index (χ1n) is 7.09. The lowest BCUT2D eigenvalue weighted by Gasteiger charge is -2.19. The molecule has 0 aromatic heterocycles. The Morgan fingerprint density at radius 2 is 2.16 bits per heavy atom. The van der Waals surface area contributed by atoms with Gasteiger partial charge in [-0.3, -0.25) is 0 Å². The van der Waals surface area contributed by atoms with Crippen LogP contribution < -0.4 is 10.1 Å². The van der Waals surface area contributed by atoms with Crippen LogP contribution in [0.15, 0.2) is 18.2 Å². The van der Waals surface area contributed by atoms with Crippen LogP contribution in [0, 0.1) is 0 Å². The van der Waals surface area contributed by atoms with Crippen LogP contribution >= 0.6 is 12.4 Å². The van der Waals surface area contributed by atoms with E-state index < -0.39 is 0 Å². The maximum absolute atomic E-state index is 5.55. The Bertz CT molecular complexity index is 403. The Labute approximate surface area is 121 Å². The number of nitrogens with zero attached hydrogens (tertiary/aromatic N) is 1. The third-order valence-corrected chi connectivity index (χ3v) is 3.90. The Hall–Kier alpha value is -0.770. The molecule has 19 heavy (non-hydrogen) atoms. The van der Waals surface area contributed by atoms with Crippen LogP contribution in [0.5, 0.6) is 5.75 Å². The molecule has 1 saturated heterocycles. The molecule has 3 nitrogen and oxygen atoms in total. The average molecular weight is 283 g/mol. The fourth-order valence-electron chi connectivity index (χ4n) is 2.81. The average Bonchev–Trinajstić information content (AvgIpc) is 2.70. The zero-order chi connectivity index (χ0) is 12.2. The first-order chi connectivity index (χ1) is 8.92. The molecule has 0 amide bonds. The first-order valence-corrected chi connectivity index (χ1v) is 7.09. The summed E-state index contributed by atoms with van der Waals surface area (Å²) in [5.41, 5.74) is 2.85. The van der Waals surface area contributed by atoms with Gasteiger partial charge in [0.1, 0.15) is 5.75 Å². The third kappa shape index (κ3) is 3.85. The molecule has 1 aromatic rings. The summed E-state index contributed by atoms with van der Waals surface area (Å²) in [7, 11) is 0. The van der Waals surface area contributed by atoms with Gasteiger partial charge in [-0.25, -0.2) is 0 Å². The lowest BCUT2D eigenvalue weighted by molar-refractivity contribution is 0.296. The van der Waals surface area contributed by atoms with Gasteiger partial charge in [-0.15, -0.1) is 12.4 Å². The second kappa shape index (κ2) is 7.13. The highest BCUT2D eigenvalue weighted by Gasteiger charge is 2.13. The van der Waals surface area contributed by atoms with Crippen molar-refractivity contribution in [2.75, 3.05) is 39.3 Å². The monoisotopic (exact) mass is 282 g/mol. The number of hydrogen-bond acceptors (Lipinski definition) is 3. The second-order valence-electron chi connectivity index (χ2n) is 5.24. The first kappa shape index (κ1) is 14.6. The van der Waals surface area contributed by atoms with Gasteiger partial charge in [0.2, 0.25) is 0 Å². The number of fused-ring (bicyclic) bond motifs is 1. The van der Waals surface area contributed by atoms with Gasteiger partial charge >= 0.3 is 0 Å². The summed E-state index contributed by atoms with van der Waals surface area (Å²) in [6.07, 6.45) is 3.52. The number of ether oxygens (including phenoxy) is 1. The molecule has 0 bridgehead atoms. The zero-order valence-corrected chi connectivity index (χ0v) is 12.2. The van der Waals surface area contributed by atoms with E-state index in [9.17, 15) is 0 Å². The van der Waals surface area contributed by atoms with Gasteiger partial charge in [-0.1, -0.05) is 12.1 Å². The molecule has 2 aliphatic rings. The van der Waals surface area contributed by atoms with Crippen LogP contribution in [0.3, 0.4) is 0 Å². The van der Waals surface area contributed by atoms with Gasteiger partial charge in [0, 0.05) is 26.1 Å². The molecule has 3 rings (SSSR count). The summed E-state index contributed by atoms with van der Waals surface area (Å²) in [5, 5.41) is 3.45. The van der Waals surface area contributed by atoms with Gasteiger partial charge < -0.3 is 15.0 Å². The quantitative estimate of drug-likeness (QED) is 0.916. The van der Waals surface area contributed by atoms with E-state index in [1.807, 2.05) is 0 Å². The van der Waals surface area contributed by atoms with Gasteiger partial charge in [0.05, 0.1) is 6.61 Å². The molecule has 0 aliphatic carbocycles. The van der Waals surface area contributed by atoms with Crippen molar-refractivity contribution in [1.29, 1.82) is 0 Å². The normalized spacial score (nSPS) is 19.2. The van der Waals surface area contributed by atoms with Crippen LogP contribution in [-0.4, -0.2) is 44.2 Å². The van der Waals surface area contributed by atoms with Crippen molar-refractivity contribution in [3.63, 3.8) is 0 Å². The Morgan fingerprint density at radius 1 is 1.21 bits per heavy atom. The van der Waals surface area contributed by atoms with Crippen molar-refractivity contribution in [1.82, 2.24) is 10.2 Å². The molecule has 0 saturated carbocycles. The minimum absolute atomic E-state index is 0. The highest BCUT2D eigenvalue weighted by molar-refractivity contribution is 5.85. The Morgan fingerprint density at radius 3 is 3.11 bits per heavy atom. The van der Waals surface area contributed by atoms with E-state index in [-0.39, 0.29) is 12.4 Å². The van der Waals surface area contributed by atoms with Crippen LogP contribution in [0.4, 0.5) is 0 Å². The topological polar surface area (TPSA) is 24.5 Å². The van der Waals surface area contributed by atoms with Crippen molar-refractivity contribution in [3.05, 3.63) is 29.3 Å². The minimum atomic E-state index is 0. The van der Waals surface area contributed by atoms with E-state index in [1.165, 1.54) is 43.7 Å². The van der Waals surface area contributed by atoms with E-state index in [0.29, 0.717) is 0 Å². The van der Waals surface area contributed by atoms with E-state index in [4.69, 9.17) is 4.74 Å². The predicted molar refractivity (Wildman–Crippen MR) is 80.5 cm³/mol. The highest BCUT2D eigenvalue weighted by atomic mass is 35.5. The largest absolute Gasteiger partial charge is 0.493 e. The number of halogens is 1. The molecule has 0 unspecified atom stereocenters. The SMILES string of the molecule is Cl.c1cc2c(cc1CCN1CCCNCC1)CCO2. The number of hydrogen-bond donors (Lipinski definition) is 1. The van der Waals surface area contributed by atoms with Crippen molar-refractivity contribution in [2.24, 2.45) is 0 Å². The maximum atomic E-state index is 5.55. The maximum Gasteiger partial charge on any atom is 0.122 e. The molecule has 106 valence electrons. The molecule has 2 heterocycles. The summed E-state index contributed by atoms with van der Waals surface area (Å²) in [6, 6.07) is 6.69. The van der Waals surface area contributed by atoms with Gasteiger partial charge in [-0.05, 0) is 43.1 Å². The summed E-state index contributed by atoms with van der Waals surface area (Å²) >= 11 is 0. The molecule has 0 radical (unpaired) electrons. The lowest BCUT2D eigenvalue weighted by atomic mass is 10.1. The number of rotatable bonds is 3. The fraction of sp³-hybridized carbons (Fsp3) is 0.600. The number of benzene rings is 1. The molecule has 1 fully saturated rings. The molecule has 1 aromatic carbocycles. The van der Waals surface area contributed by atoms with Crippen LogP contribution in [0.2, 0.25) is 0 Å². The van der Waals surface area contributed by atoms with E-state index in [0.717, 1.165) is 31.7 Å². The molecular formula is C15H23ClN2O. The van der Waals surface area contributed by atoms with Crippen molar-refractivity contribution in [2.45, 2.75) is 19.3 Å². The van der Waals surface area contributed by atoms with Crippen molar-refractivity contribution in [3.8, 4) is 5.75 Å². The summed E-state index contributed by atoms with van der Waals surface area (Å²) in [5.74, 6) is 1.10. The van der Waals surface area contributed by atoms with Crippen LogP contribution in [-0.2, 0) is 12.8 Å². The molecule has 2 aliphatic heterocycles. The molecule has 0 atom stereocenters. The van der Waals surface area contributed by atoms with Crippen molar-refractivity contribution >= 4 is 12.4 Å². The van der Waals surface area contributed by atoms with Crippen LogP contribution in [0.1, 0.15) is 17.5 Å². The summed E-state index contributed by atoms with van der Waals surface area (Å²) in [6.45, 7) is 6.78. The lowest BCUT2D eigenvalue weighted by Crippen LogP contribution is -2.30. The molecule has 1 N–H and O–H groups in total. The summed E-state index contributed by atoms with van der Waals surface area (Å²) < 4.78 is 5.55. The van der Waals surface area contributed by atoms with E-state index in [2.05, 4.69) is 28.4 Å². The van der Waals surface area contributed by atoms with E-state index >= 15 is 0 Å². The molecule has 4 heteroatoms. The Kier molecular flexibility index (Phi) is 5.49. The fourth-order valence-corrected chi connectivity index (χ4v) is 2.81. The minimum Gasteiger partial charge on any atom is -0.493 e. The predicted octanol–water partition coefficient (Wildman–Crippen LogP) is 1.88. The van der Waals surface area contributed by atoms with Gasteiger partial charge in [0.15, 0.2) is 0 Å². The zero-order valence-electron chi connectivity index (χ0n) is 11.4. The van der Waals surface area contributed by atoms with Gasteiger partial charge in [-0.2, -0.15) is 0 Å². The highest BCUT2D eigenvalue weighted by Crippen LogP contribution is 2.26. The standard InChI is InChI=1S/C15H22N2O.ClH/c1-6-16-7-10-17(8-1)9-4-13-2-3-15-14(12-13)5-11-18-15;/h2-3,12,16H,1,4-11H2;1H. The third-order valence-electron chi connectivity index (χ3n) is 3.90. The Balaban J connectivity index is 0.00000133. The van der Waals surface area contributed by atoms with E-state index in [1.54, 1.807) is 0 Å². The van der Waals surface area contributed by atoms with Crippen LogP contribution in [0.25, 0.3) is 0 Å². The smallest absolute Gasteiger partial charge is 0.122 e. The second-order valence-corrected chi connectivity index (χ2v) is 5.24. The van der Waals surface area contributed by atoms with Gasteiger partial charge in [0.25, 0.3) is 0 Å². The number of nitrogens with one attached hydrogen (secondary N) is 1.